The molecule has 2 heterocycles. The summed E-state index contributed by atoms with van der Waals surface area (Å²) in [5.74, 6) is -1.16. The zero-order valence-corrected chi connectivity index (χ0v) is 9.96. The number of nitrogens with zero attached hydrogens (tertiary/aromatic N) is 1. The lowest BCUT2D eigenvalue weighted by Gasteiger charge is -2.30. The van der Waals surface area contributed by atoms with Crippen LogP contribution in [0.2, 0.25) is 0 Å². The summed E-state index contributed by atoms with van der Waals surface area (Å²) in [5.41, 5.74) is 2.22. The molecule has 19 heavy (non-hydrogen) atoms. The molecule has 1 aliphatic heterocycles. The zero-order valence-electron chi connectivity index (χ0n) is 9.96. The van der Waals surface area contributed by atoms with Gasteiger partial charge in [-0.2, -0.15) is 0 Å². The van der Waals surface area contributed by atoms with Gasteiger partial charge in [-0.15, -0.1) is 0 Å². The van der Waals surface area contributed by atoms with Crippen LogP contribution < -0.4 is 0 Å². The summed E-state index contributed by atoms with van der Waals surface area (Å²) in [4.78, 5) is 26.5. The highest BCUT2D eigenvalue weighted by molar-refractivity contribution is 5.89. The van der Waals surface area contributed by atoms with Crippen LogP contribution in [-0.4, -0.2) is 38.7 Å². The van der Waals surface area contributed by atoms with E-state index in [2.05, 4.69) is 4.98 Å². The van der Waals surface area contributed by atoms with E-state index in [0.29, 0.717) is 12.1 Å². The molecule has 3 rings (SSSR count). The molecule has 0 saturated carbocycles. The summed E-state index contributed by atoms with van der Waals surface area (Å²) in [6.07, 6.45) is -0.688. The molecule has 0 fully saturated rings. The van der Waals surface area contributed by atoms with Gasteiger partial charge in [-0.1, -0.05) is 18.2 Å². The zero-order chi connectivity index (χ0) is 13.6. The number of amides is 1. The Morgan fingerprint density at radius 3 is 2.68 bits per heavy atom. The lowest BCUT2D eigenvalue weighted by atomic mass is 9.98. The summed E-state index contributed by atoms with van der Waals surface area (Å²) in [5, 5.41) is 19.4. The minimum atomic E-state index is -1.21. The third-order valence-electron chi connectivity index (χ3n) is 3.51. The Morgan fingerprint density at radius 2 is 2.00 bits per heavy atom. The van der Waals surface area contributed by atoms with Crippen LogP contribution in [0.25, 0.3) is 10.9 Å². The van der Waals surface area contributed by atoms with Gasteiger partial charge in [0.2, 0.25) is 0 Å². The molecular weight excluding hydrogens is 248 g/mol. The van der Waals surface area contributed by atoms with Crippen LogP contribution in [0, 0.1) is 0 Å². The molecule has 1 unspecified atom stereocenters. The summed E-state index contributed by atoms with van der Waals surface area (Å²) in [6.45, 7) is 0.196. The lowest BCUT2D eigenvalue weighted by molar-refractivity contribution is -0.143. The van der Waals surface area contributed by atoms with Gasteiger partial charge in [0.15, 0.2) is 6.04 Å². The van der Waals surface area contributed by atoms with Gasteiger partial charge in [0.25, 0.3) is 0 Å². The number of nitrogens with one attached hydrogen (secondary N) is 1. The topological polar surface area (TPSA) is 93.6 Å². The molecule has 1 aromatic heterocycles. The number of fused-ring (bicyclic) bond motifs is 3. The molecule has 0 radical (unpaired) electrons. The smallest absolute Gasteiger partial charge is 0.408 e. The number of para-hydroxylation sites is 1. The van der Waals surface area contributed by atoms with Crippen LogP contribution in [0.4, 0.5) is 4.79 Å². The third-order valence-corrected chi connectivity index (χ3v) is 3.51. The van der Waals surface area contributed by atoms with Crippen molar-refractivity contribution in [3.05, 3.63) is 35.5 Å². The minimum absolute atomic E-state index is 0.196. The van der Waals surface area contributed by atoms with Gasteiger partial charge in [0.1, 0.15) is 0 Å². The Kier molecular flexibility index (Phi) is 2.45. The molecule has 0 aliphatic carbocycles. The number of H-pyrrole nitrogens is 1. The minimum Gasteiger partial charge on any atom is -0.479 e. The Morgan fingerprint density at radius 1 is 1.26 bits per heavy atom. The maximum absolute atomic E-state index is 11.4. The molecule has 1 aliphatic rings. The van der Waals surface area contributed by atoms with E-state index in [9.17, 15) is 14.7 Å². The van der Waals surface area contributed by atoms with Crippen molar-refractivity contribution in [3.8, 4) is 0 Å². The Balaban J connectivity index is 2.21. The number of aliphatic carboxylic acids is 1. The number of hydrogen-bond donors (Lipinski definition) is 3. The first-order valence-electron chi connectivity index (χ1n) is 5.91. The van der Waals surface area contributed by atoms with Crippen molar-refractivity contribution in [2.75, 3.05) is 6.54 Å². The molecule has 1 atom stereocenters. The monoisotopic (exact) mass is 260 g/mol. The van der Waals surface area contributed by atoms with Crippen LogP contribution in [0.15, 0.2) is 24.3 Å². The number of carboxylic acids is 1. The van der Waals surface area contributed by atoms with Crippen molar-refractivity contribution < 1.29 is 19.8 Å². The summed E-state index contributed by atoms with van der Waals surface area (Å²) >= 11 is 0. The largest absolute Gasteiger partial charge is 0.479 e. The Labute approximate surface area is 108 Å². The first-order valence-corrected chi connectivity index (χ1v) is 5.91. The standard InChI is InChI=1S/C13H12N2O4/c16-12(17)11-10-8(5-6-15(11)13(18)19)7-3-1-2-4-9(7)14-10/h1-4,11,14H,5-6H2,(H,16,17)(H,18,19). The van der Waals surface area contributed by atoms with Crippen LogP contribution in [-0.2, 0) is 11.2 Å². The second-order valence-corrected chi connectivity index (χ2v) is 4.53. The molecule has 1 aromatic carbocycles. The number of rotatable bonds is 1. The number of aromatic amines is 1. The molecule has 98 valence electrons. The second kappa shape index (κ2) is 4.01. The average molecular weight is 260 g/mol. The molecule has 0 saturated heterocycles. The number of hydrogen-bond acceptors (Lipinski definition) is 2. The highest BCUT2D eigenvalue weighted by Crippen LogP contribution is 2.34. The quantitative estimate of drug-likeness (QED) is 0.729. The molecule has 1 amide bonds. The van der Waals surface area contributed by atoms with Crippen LogP contribution >= 0.6 is 0 Å². The molecule has 0 spiro atoms. The Hall–Kier alpha value is -2.50. The maximum atomic E-state index is 11.4. The van der Waals surface area contributed by atoms with E-state index in [4.69, 9.17) is 5.11 Å². The first kappa shape index (κ1) is 11.6. The highest BCUT2D eigenvalue weighted by Gasteiger charge is 2.38. The van der Waals surface area contributed by atoms with Crippen molar-refractivity contribution in [2.45, 2.75) is 12.5 Å². The molecule has 6 nitrogen and oxygen atoms in total. The lowest BCUT2D eigenvalue weighted by Crippen LogP contribution is -2.42. The van der Waals surface area contributed by atoms with E-state index >= 15 is 0 Å². The number of carbonyl (C=O) groups is 2. The fourth-order valence-corrected chi connectivity index (χ4v) is 2.70. The van der Waals surface area contributed by atoms with Crippen molar-refractivity contribution >= 4 is 23.0 Å². The van der Waals surface area contributed by atoms with Crippen LogP contribution in [0.3, 0.4) is 0 Å². The maximum Gasteiger partial charge on any atom is 0.408 e. The molecular formula is C13H12N2O4. The SMILES string of the molecule is O=C(O)C1c2[nH]c3ccccc3c2CCN1C(=O)O. The van der Waals surface area contributed by atoms with E-state index in [1.165, 1.54) is 0 Å². The average Bonchev–Trinajstić information content (AvgIpc) is 2.75. The van der Waals surface area contributed by atoms with Crippen molar-refractivity contribution in [3.63, 3.8) is 0 Å². The fourth-order valence-electron chi connectivity index (χ4n) is 2.70. The van der Waals surface area contributed by atoms with Gasteiger partial charge in [-0.05, 0) is 18.1 Å². The van der Waals surface area contributed by atoms with Gasteiger partial charge < -0.3 is 15.2 Å². The first-order chi connectivity index (χ1) is 9.09. The van der Waals surface area contributed by atoms with E-state index in [-0.39, 0.29) is 6.54 Å². The van der Waals surface area contributed by atoms with E-state index < -0.39 is 18.1 Å². The molecule has 6 heteroatoms. The van der Waals surface area contributed by atoms with Crippen molar-refractivity contribution in [1.29, 1.82) is 0 Å². The predicted molar refractivity (Wildman–Crippen MR) is 67.1 cm³/mol. The third kappa shape index (κ3) is 1.64. The number of benzene rings is 1. The van der Waals surface area contributed by atoms with Gasteiger partial charge in [-0.3, -0.25) is 4.90 Å². The van der Waals surface area contributed by atoms with Crippen LogP contribution in [0.5, 0.6) is 0 Å². The molecule has 3 N–H and O–H groups in total. The van der Waals surface area contributed by atoms with Gasteiger partial charge in [-0.25, -0.2) is 9.59 Å². The number of aromatic nitrogens is 1. The van der Waals surface area contributed by atoms with Gasteiger partial charge in [0.05, 0.1) is 5.69 Å². The van der Waals surface area contributed by atoms with E-state index in [1.54, 1.807) is 0 Å². The van der Waals surface area contributed by atoms with E-state index in [1.807, 2.05) is 24.3 Å². The van der Waals surface area contributed by atoms with Crippen molar-refractivity contribution in [2.24, 2.45) is 0 Å². The van der Waals surface area contributed by atoms with Gasteiger partial charge in [0, 0.05) is 17.4 Å². The summed E-state index contributed by atoms with van der Waals surface area (Å²) < 4.78 is 0. The van der Waals surface area contributed by atoms with Gasteiger partial charge >= 0.3 is 12.1 Å². The highest BCUT2D eigenvalue weighted by atomic mass is 16.4. The predicted octanol–water partition coefficient (Wildman–Crippen LogP) is 1.83. The van der Waals surface area contributed by atoms with E-state index in [0.717, 1.165) is 21.4 Å². The molecule has 2 aromatic rings. The Bertz CT molecular complexity index is 676. The fraction of sp³-hybridized carbons (Fsp3) is 0.231. The van der Waals surface area contributed by atoms with Crippen LogP contribution in [0.1, 0.15) is 17.3 Å². The number of carboxylic acid groups (broad SMARTS) is 2. The summed E-state index contributed by atoms with van der Waals surface area (Å²) in [7, 11) is 0. The van der Waals surface area contributed by atoms with Crippen molar-refractivity contribution in [1.82, 2.24) is 9.88 Å². The molecule has 0 bridgehead atoms. The summed E-state index contributed by atoms with van der Waals surface area (Å²) in [6, 6.07) is 6.36. The normalized spacial score (nSPS) is 18.3. The second-order valence-electron chi connectivity index (χ2n) is 4.53.